The molecule has 4 aliphatic rings. The summed E-state index contributed by atoms with van der Waals surface area (Å²) in [6, 6.07) is 0. The molecule has 8 atom stereocenters. The maximum atomic E-state index is 10.6. The molecule has 0 saturated heterocycles. The lowest BCUT2D eigenvalue weighted by molar-refractivity contribution is -0.185. The average molecular weight is 333 g/mol. The van der Waals surface area contributed by atoms with E-state index in [9.17, 15) is 5.11 Å². The Labute approximate surface area is 150 Å². The topological polar surface area (TPSA) is 20.2 Å². The summed E-state index contributed by atoms with van der Waals surface area (Å²) in [6.45, 7) is 12.5. The van der Waals surface area contributed by atoms with Crippen molar-refractivity contribution < 1.29 is 5.11 Å². The molecule has 138 valence electrons. The Hall–Kier alpha value is -0.0400. The second kappa shape index (κ2) is 5.24. The molecule has 0 spiro atoms. The standard InChI is InChI=1S/C23H40O/c1-6-16-7-8-18-21(16,3)12-10-19-22(4)14-13-20(2,24)15-17(22)9-11-23(18,19)5/h16-19,24H,6-15H2,1-5H3/t16-,17-,18+,19+,20+,21+,22-,23-/m0/s1. The van der Waals surface area contributed by atoms with E-state index in [0.717, 1.165) is 36.5 Å². The molecule has 0 aromatic heterocycles. The Morgan fingerprint density at radius 2 is 1.42 bits per heavy atom. The molecular weight excluding hydrogens is 292 g/mol. The largest absolute Gasteiger partial charge is 0.390 e. The van der Waals surface area contributed by atoms with Crippen molar-refractivity contribution >= 4 is 0 Å². The molecule has 1 N–H and O–H groups in total. The summed E-state index contributed by atoms with van der Waals surface area (Å²) in [7, 11) is 0. The molecule has 4 rings (SSSR count). The van der Waals surface area contributed by atoms with Crippen LogP contribution in [0, 0.1) is 39.9 Å². The van der Waals surface area contributed by atoms with Crippen LogP contribution in [0.4, 0.5) is 0 Å². The van der Waals surface area contributed by atoms with Gasteiger partial charge in [0, 0.05) is 0 Å². The van der Waals surface area contributed by atoms with E-state index >= 15 is 0 Å². The first-order valence-corrected chi connectivity index (χ1v) is 10.9. The Balaban J connectivity index is 1.67. The van der Waals surface area contributed by atoms with E-state index < -0.39 is 5.60 Å². The van der Waals surface area contributed by atoms with Crippen LogP contribution in [-0.2, 0) is 0 Å². The molecule has 1 heteroatoms. The van der Waals surface area contributed by atoms with Crippen LogP contribution in [0.2, 0.25) is 0 Å². The van der Waals surface area contributed by atoms with E-state index in [1.807, 2.05) is 0 Å². The third-order valence-electron chi connectivity index (χ3n) is 10.2. The van der Waals surface area contributed by atoms with E-state index in [2.05, 4.69) is 34.6 Å². The quantitative estimate of drug-likeness (QED) is 0.606. The molecule has 4 fully saturated rings. The Bertz CT molecular complexity index is 510. The highest BCUT2D eigenvalue weighted by atomic mass is 16.3. The molecule has 1 nitrogen and oxygen atoms in total. The third kappa shape index (κ3) is 2.15. The smallest absolute Gasteiger partial charge is 0.0622 e. The highest BCUT2D eigenvalue weighted by Crippen LogP contribution is 2.72. The van der Waals surface area contributed by atoms with E-state index in [-0.39, 0.29) is 0 Å². The lowest BCUT2D eigenvalue weighted by atomic mass is 9.39. The van der Waals surface area contributed by atoms with Gasteiger partial charge in [0.2, 0.25) is 0 Å². The zero-order chi connectivity index (χ0) is 17.4. The van der Waals surface area contributed by atoms with Crippen molar-refractivity contribution in [3.05, 3.63) is 0 Å². The van der Waals surface area contributed by atoms with Crippen molar-refractivity contribution in [3.63, 3.8) is 0 Å². The third-order valence-corrected chi connectivity index (χ3v) is 10.2. The molecule has 4 aliphatic carbocycles. The minimum Gasteiger partial charge on any atom is -0.390 e. The van der Waals surface area contributed by atoms with Crippen molar-refractivity contribution in [2.24, 2.45) is 39.9 Å². The summed E-state index contributed by atoms with van der Waals surface area (Å²) in [6.07, 6.45) is 13.4. The van der Waals surface area contributed by atoms with Crippen LogP contribution in [0.3, 0.4) is 0 Å². The Morgan fingerprint density at radius 3 is 2.12 bits per heavy atom. The van der Waals surface area contributed by atoms with Crippen molar-refractivity contribution in [2.45, 2.75) is 104 Å². The lowest BCUT2D eigenvalue weighted by Gasteiger charge is -2.66. The van der Waals surface area contributed by atoms with Crippen LogP contribution in [0.25, 0.3) is 0 Å². The van der Waals surface area contributed by atoms with Crippen LogP contribution in [-0.4, -0.2) is 10.7 Å². The number of fused-ring (bicyclic) bond motifs is 5. The van der Waals surface area contributed by atoms with Gasteiger partial charge in [-0.1, -0.05) is 34.1 Å². The fourth-order valence-electron chi connectivity index (χ4n) is 8.89. The SMILES string of the molecule is CC[C@H]1CC[C@H]2[C@]3(C)CC[C@H]4C[C@](C)(O)CC[C@]4(C)[C@H]3CC[C@]12C. The predicted octanol–water partition coefficient (Wildman–Crippen LogP) is 6.20. The fourth-order valence-corrected chi connectivity index (χ4v) is 8.89. The van der Waals surface area contributed by atoms with Crippen molar-refractivity contribution in [1.29, 1.82) is 0 Å². The maximum Gasteiger partial charge on any atom is 0.0622 e. The zero-order valence-corrected chi connectivity index (χ0v) is 16.8. The maximum absolute atomic E-state index is 10.6. The molecule has 0 aliphatic heterocycles. The number of rotatable bonds is 1. The Kier molecular flexibility index (Phi) is 3.80. The molecular formula is C23H40O. The number of hydrogen-bond acceptors (Lipinski definition) is 1. The average Bonchev–Trinajstić information content (AvgIpc) is 2.86. The molecule has 0 aromatic carbocycles. The van der Waals surface area contributed by atoms with Gasteiger partial charge < -0.3 is 5.11 Å². The summed E-state index contributed by atoms with van der Waals surface area (Å²) in [4.78, 5) is 0. The number of hydrogen-bond donors (Lipinski definition) is 1. The first-order valence-electron chi connectivity index (χ1n) is 10.9. The van der Waals surface area contributed by atoms with Crippen LogP contribution < -0.4 is 0 Å². The first kappa shape index (κ1) is 17.4. The molecule has 0 radical (unpaired) electrons. The summed E-state index contributed by atoms with van der Waals surface area (Å²) < 4.78 is 0. The normalized spacial score (nSPS) is 60.2. The lowest BCUT2D eigenvalue weighted by Crippen LogP contribution is -2.59. The van der Waals surface area contributed by atoms with Gasteiger partial charge in [-0.15, -0.1) is 0 Å². The van der Waals surface area contributed by atoms with Gasteiger partial charge in [-0.05, 0) is 105 Å². The molecule has 0 amide bonds. The zero-order valence-electron chi connectivity index (χ0n) is 16.8. The minimum absolute atomic E-state index is 0.401. The van der Waals surface area contributed by atoms with Gasteiger partial charge in [0.1, 0.15) is 0 Å². The van der Waals surface area contributed by atoms with Crippen molar-refractivity contribution in [1.82, 2.24) is 0 Å². The van der Waals surface area contributed by atoms with Gasteiger partial charge in [-0.2, -0.15) is 0 Å². The molecule has 0 bridgehead atoms. The van der Waals surface area contributed by atoms with E-state index in [0.29, 0.717) is 16.2 Å². The molecule has 24 heavy (non-hydrogen) atoms. The molecule has 0 aromatic rings. The van der Waals surface area contributed by atoms with Crippen LogP contribution in [0.15, 0.2) is 0 Å². The monoisotopic (exact) mass is 332 g/mol. The number of aliphatic hydroxyl groups is 1. The van der Waals surface area contributed by atoms with Crippen molar-refractivity contribution in [2.75, 3.05) is 0 Å². The van der Waals surface area contributed by atoms with Gasteiger partial charge in [0.15, 0.2) is 0 Å². The summed E-state index contributed by atoms with van der Waals surface area (Å²) in [5, 5.41) is 10.6. The van der Waals surface area contributed by atoms with Crippen LogP contribution >= 0.6 is 0 Å². The van der Waals surface area contributed by atoms with Gasteiger partial charge >= 0.3 is 0 Å². The second-order valence-electron chi connectivity index (χ2n) is 11.3. The van der Waals surface area contributed by atoms with E-state index in [4.69, 9.17) is 0 Å². The molecule has 0 unspecified atom stereocenters. The fraction of sp³-hybridized carbons (Fsp3) is 1.00. The molecule has 4 saturated carbocycles. The van der Waals surface area contributed by atoms with Gasteiger partial charge in [-0.25, -0.2) is 0 Å². The van der Waals surface area contributed by atoms with Crippen LogP contribution in [0.1, 0.15) is 98.8 Å². The Morgan fingerprint density at radius 1 is 0.750 bits per heavy atom. The van der Waals surface area contributed by atoms with Gasteiger partial charge in [0.25, 0.3) is 0 Å². The van der Waals surface area contributed by atoms with Crippen molar-refractivity contribution in [3.8, 4) is 0 Å². The summed E-state index contributed by atoms with van der Waals surface area (Å²) in [5.41, 5.74) is 1.26. The van der Waals surface area contributed by atoms with Gasteiger partial charge in [-0.3, -0.25) is 0 Å². The van der Waals surface area contributed by atoms with E-state index in [1.165, 1.54) is 51.4 Å². The van der Waals surface area contributed by atoms with E-state index in [1.54, 1.807) is 0 Å². The highest BCUT2D eigenvalue weighted by molar-refractivity contribution is 5.14. The van der Waals surface area contributed by atoms with Gasteiger partial charge in [0.05, 0.1) is 5.60 Å². The summed E-state index contributed by atoms with van der Waals surface area (Å²) in [5.74, 6) is 3.58. The highest BCUT2D eigenvalue weighted by Gasteiger charge is 2.65. The first-order chi connectivity index (χ1) is 11.2. The minimum atomic E-state index is -0.401. The predicted molar refractivity (Wildman–Crippen MR) is 101 cm³/mol. The summed E-state index contributed by atoms with van der Waals surface area (Å²) >= 11 is 0. The molecule has 0 heterocycles. The van der Waals surface area contributed by atoms with Crippen LogP contribution in [0.5, 0.6) is 0 Å². The second-order valence-corrected chi connectivity index (χ2v) is 11.3.